The zero-order chi connectivity index (χ0) is 12.7. The Balaban J connectivity index is 3.65. The molecule has 0 aliphatic heterocycles. The quantitative estimate of drug-likeness (QED) is 0.466. The van der Waals surface area contributed by atoms with Gasteiger partial charge < -0.3 is 9.47 Å². The second-order valence-electron chi connectivity index (χ2n) is 2.54. The van der Waals surface area contributed by atoms with Crippen molar-refractivity contribution in [3.63, 3.8) is 0 Å². The van der Waals surface area contributed by atoms with Gasteiger partial charge in [0.2, 0.25) is 0 Å². The number of rotatable bonds is 9. The van der Waals surface area contributed by atoms with Crippen molar-refractivity contribution in [1.82, 2.24) is 0 Å². The van der Waals surface area contributed by atoms with Crippen LogP contribution >= 0.6 is 7.82 Å². The average Bonchev–Trinajstić information content (AvgIpc) is 2.28. The molecular formula is C7H15F2O6P. The molecule has 0 saturated carbocycles. The molecule has 0 fully saturated rings. The molecule has 0 aliphatic carbocycles. The number of halogens is 2. The van der Waals surface area contributed by atoms with E-state index in [0.717, 1.165) is 21.3 Å². The minimum Gasteiger partial charge on any atom is -0.370 e. The molecule has 16 heavy (non-hydrogen) atoms. The Hall–Kier alpha value is -0.110. The minimum atomic E-state index is -3.57. The van der Waals surface area contributed by atoms with Crippen molar-refractivity contribution in [2.45, 2.75) is 6.11 Å². The Labute approximate surface area is 92.4 Å². The van der Waals surface area contributed by atoms with Crippen molar-refractivity contribution in [3.8, 4) is 0 Å². The van der Waals surface area contributed by atoms with Crippen LogP contribution in [-0.2, 0) is 27.6 Å². The van der Waals surface area contributed by atoms with E-state index in [0.29, 0.717) is 0 Å². The molecule has 0 aromatic rings. The van der Waals surface area contributed by atoms with Crippen molar-refractivity contribution < 1.29 is 36.4 Å². The number of phosphoric acid groups is 1. The number of hydrogen-bond acceptors (Lipinski definition) is 6. The first-order valence-corrected chi connectivity index (χ1v) is 5.72. The van der Waals surface area contributed by atoms with E-state index in [1.807, 2.05) is 0 Å². The minimum absolute atomic E-state index is 0.185. The standard InChI is InChI=1S/C7H15F2O6P/c1-11-7(8,9)6-14-4-5-15-16(10,12-2)13-3/h4-6H2,1-3H3. The van der Waals surface area contributed by atoms with Crippen LogP contribution in [0.1, 0.15) is 0 Å². The fourth-order valence-electron chi connectivity index (χ4n) is 0.638. The Morgan fingerprint density at radius 3 is 2.12 bits per heavy atom. The molecule has 0 unspecified atom stereocenters. The topological polar surface area (TPSA) is 63.2 Å². The fraction of sp³-hybridized carbons (Fsp3) is 1.00. The van der Waals surface area contributed by atoms with Crippen LogP contribution in [0.2, 0.25) is 0 Å². The summed E-state index contributed by atoms with van der Waals surface area (Å²) in [6.45, 7) is -1.29. The van der Waals surface area contributed by atoms with Gasteiger partial charge in [-0.15, -0.1) is 0 Å². The summed E-state index contributed by atoms with van der Waals surface area (Å²) < 4.78 is 58.1. The van der Waals surface area contributed by atoms with E-state index in [1.165, 1.54) is 0 Å². The predicted molar refractivity (Wildman–Crippen MR) is 50.4 cm³/mol. The number of phosphoric ester groups is 1. The summed E-state index contributed by atoms with van der Waals surface area (Å²) in [7, 11) is -0.417. The van der Waals surface area contributed by atoms with Gasteiger partial charge in [-0.2, -0.15) is 8.78 Å². The van der Waals surface area contributed by atoms with Gasteiger partial charge in [0.25, 0.3) is 0 Å². The van der Waals surface area contributed by atoms with Crippen LogP contribution < -0.4 is 0 Å². The maximum Gasteiger partial charge on any atom is 0.474 e. The van der Waals surface area contributed by atoms with E-state index in [2.05, 4.69) is 23.0 Å². The molecule has 9 heteroatoms. The van der Waals surface area contributed by atoms with E-state index < -0.39 is 20.5 Å². The van der Waals surface area contributed by atoms with Gasteiger partial charge in [0.15, 0.2) is 0 Å². The van der Waals surface area contributed by atoms with Crippen molar-refractivity contribution in [2.24, 2.45) is 0 Å². The highest BCUT2D eigenvalue weighted by atomic mass is 31.2. The van der Waals surface area contributed by atoms with E-state index in [-0.39, 0.29) is 13.2 Å². The van der Waals surface area contributed by atoms with Gasteiger partial charge in [0.1, 0.15) is 6.61 Å². The Morgan fingerprint density at radius 2 is 1.69 bits per heavy atom. The summed E-state index contributed by atoms with van der Waals surface area (Å²) >= 11 is 0. The lowest BCUT2D eigenvalue weighted by atomic mass is 10.6. The molecule has 0 amide bonds. The molecule has 0 bridgehead atoms. The number of alkyl halides is 2. The normalized spacial score (nSPS) is 13.1. The van der Waals surface area contributed by atoms with Crippen molar-refractivity contribution in [2.75, 3.05) is 41.2 Å². The maximum atomic E-state index is 12.5. The van der Waals surface area contributed by atoms with Gasteiger partial charge in [-0.25, -0.2) is 4.57 Å². The summed E-state index contributed by atoms with van der Waals surface area (Å²) in [6.07, 6.45) is -3.34. The van der Waals surface area contributed by atoms with Gasteiger partial charge in [0, 0.05) is 21.3 Å². The van der Waals surface area contributed by atoms with Crippen LogP contribution in [0.15, 0.2) is 0 Å². The van der Waals surface area contributed by atoms with Crippen LogP contribution in [0.5, 0.6) is 0 Å². The molecule has 98 valence electrons. The van der Waals surface area contributed by atoms with Crippen LogP contribution in [0, 0.1) is 0 Å². The van der Waals surface area contributed by atoms with Crippen LogP contribution in [-0.4, -0.2) is 47.3 Å². The van der Waals surface area contributed by atoms with Gasteiger partial charge in [0.05, 0.1) is 13.2 Å². The second kappa shape index (κ2) is 7.26. The molecule has 0 rings (SSSR count). The Kier molecular flexibility index (Phi) is 7.21. The SMILES string of the molecule is COC(F)(F)COCCOP(=O)(OC)OC. The molecule has 0 radical (unpaired) electrons. The third kappa shape index (κ3) is 6.47. The molecule has 0 saturated heterocycles. The second-order valence-corrected chi connectivity index (χ2v) is 4.42. The number of ether oxygens (including phenoxy) is 2. The van der Waals surface area contributed by atoms with Crippen molar-refractivity contribution in [3.05, 3.63) is 0 Å². The molecule has 0 spiro atoms. The highest BCUT2D eigenvalue weighted by Crippen LogP contribution is 2.47. The first-order chi connectivity index (χ1) is 7.39. The summed E-state index contributed by atoms with van der Waals surface area (Å²) in [5, 5.41) is 0. The zero-order valence-electron chi connectivity index (χ0n) is 9.27. The Morgan fingerprint density at radius 1 is 1.12 bits per heavy atom. The monoisotopic (exact) mass is 264 g/mol. The molecule has 0 N–H and O–H groups in total. The maximum absolute atomic E-state index is 12.5. The van der Waals surface area contributed by atoms with Gasteiger partial charge in [-0.3, -0.25) is 13.6 Å². The largest absolute Gasteiger partial charge is 0.474 e. The predicted octanol–water partition coefficient (Wildman–Crippen LogP) is 1.66. The average molecular weight is 264 g/mol. The van der Waals surface area contributed by atoms with Crippen molar-refractivity contribution >= 4 is 7.82 Å². The van der Waals surface area contributed by atoms with E-state index in [9.17, 15) is 13.3 Å². The van der Waals surface area contributed by atoms with Crippen LogP contribution in [0.3, 0.4) is 0 Å². The van der Waals surface area contributed by atoms with Gasteiger partial charge in [-0.05, 0) is 0 Å². The van der Waals surface area contributed by atoms with E-state index in [1.54, 1.807) is 0 Å². The number of hydrogen-bond donors (Lipinski definition) is 0. The third-order valence-corrected chi connectivity index (χ3v) is 2.89. The first kappa shape index (κ1) is 15.9. The first-order valence-electron chi connectivity index (χ1n) is 4.26. The van der Waals surface area contributed by atoms with Gasteiger partial charge >= 0.3 is 13.9 Å². The van der Waals surface area contributed by atoms with E-state index >= 15 is 0 Å². The molecule has 0 aliphatic rings. The Bertz CT molecular complexity index is 229. The third-order valence-electron chi connectivity index (χ3n) is 1.49. The van der Waals surface area contributed by atoms with Crippen molar-refractivity contribution in [1.29, 1.82) is 0 Å². The summed E-state index contributed by atoms with van der Waals surface area (Å²) in [6, 6.07) is 0. The highest BCUT2D eigenvalue weighted by Gasteiger charge is 2.28. The molecule has 6 nitrogen and oxygen atoms in total. The van der Waals surface area contributed by atoms with Gasteiger partial charge in [-0.1, -0.05) is 0 Å². The highest BCUT2D eigenvalue weighted by molar-refractivity contribution is 7.48. The van der Waals surface area contributed by atoms with Crippen LogP contribution in [0.4, 0.5) is 8.78 Å². The summed E-state index contributed by atoms with van der Waals surface area (Å²) in [5.74, 6) is 0. The molecular weight excluding hydrogens is 249 g/mol. The molecule has 0 aromatic heterocycles. The summed E-state index contributed by atoms with van der Waals surface area (Å²) in [4.78, 5) is 0. The lowest BCUT2D eigenvalue weighted by Crippen LogP contribution is -2.26. The van der Waals surface area contributed by atoms with E-state index in [4.69, 9.17) is 0 Å². The smallest absolute Gasteiger partial charge is 0.370 e. The molecule has 0 aromatic carbocycles. The lowest BCUT2D eigenvalue weighted by Gasteiger charge is -2.15. The molecule has 0 atom stereocenters. The summed E-state index contributed by atoms with van der Waals surface area (Å²) in [5.41, 5.74) is 0. The molecule has 0 heterocycles. The number of methoxy groups -OCH3 is 1. The lowest BCUT2D eigenvalue weighted by molar-refractivity contribution is -0.250. The van der Waals surface area contributed by atoms with Crippen LogP contribution in [0.25, 0.3) is 0 Å². The fourth-order valence-corrected chi connectivity index (χ4v) is 1.30. The zero-order valence-corrected chi connectivity index (χ0v) is 10.2.